The van der Waals surface area contributed by atoms with Crippen molar-refractivity contribution in [1.82, 2.24) is 5.32 Å². The van der Waals surface area contributed by atoms with E-state index in [-0.39, 0.29) is 11.6 Å². The number of nitrogens with one attached hydrogen (secondary N) is 2. The summed E-state index contributed by atoms with van der Waals surface area (Å²) < 4.78 is 13.5. The zero-order valence-electron chi connectivity index (χ0n) is 11.5. The molecule has 0 saturated heterocycles. The lowest BCUT2D eigenvalue weighted by molar-refractivity contribution is 0.101. The fraction of sp³-hybridized carbons (Fsp3) is 0.125. The number of ketones is 1. The van der Waals surface area contributed by atoms with E-state index in [1.807, 2.05) is 6.07 Å². The second kappa shape index (κ2) is 6.95. The van der Waals surface area contributed by atoms with Crippen molar-refractivity contribution in [2.45, 2.75) is 13.5 Å². The number of thiocarbonyl (C=S) groups is 1. The molecule has 0 heterocycles. The van der Waals surface area contributed by atoms with Crippen molar-refractivity contribution in [3.05, 3.63) is 65.5 Å². The molecule has 2 aromatic carbocycles. The molecule has 0 aromatic heterocycles. The van der Waals surface area contributed by atoms with Crippen LogP contribution in [0, 0.1) is 5.82 Å². The van der Waals surface area contributed by atoms with Gasteiger partial charge in [-0.1, -0.05) is 30.3 Å². The van der Waals surface area contributed by atoms with Crippen LogP contribution < -0.4 is 10.6 Å². The Morgan fingerprint density at radius 2 is 1.95 bits per heavy atom. The molecule has 0 amide bonds. The first-order valence-corrected chi connectivity index (χ1v) is 6.86. The molecule has 0 aliphatic carbocycles. The molecule has 0 unspecified atom stereocenters. The Hall–Kier alpha value is -2.27. The lowest BCUT2D eigenvalue weighted by atomic mass is 10.1. The smallest absolute Gasteiger partial charge is 0.171 e. The topological polar surface area (TPSA) is 41.1 Å². The summed E-state index contributed by atoms with van der Waals surface area (Å²) in [5.74, 6) is -0.282. The standard InChI is InChI=1S/C16H15FN2OS/c1-11(20)12-6-4-7-14(9-12)19-16(21)18-10-13-5-2-3-8-15(13)17/h2-9H,10H2,1H3,(H2,18,19,21). The van der Waals surface area contributed by atoms with Crippen molar-refractivity contribution in [2.24, 2.45) is 0 Å². The molecular weight excluding hydrogens is 287 g/mol. The number of anilines is 1. The lowest BCUT2D eigenvalue weighted by Gasteiger charge is -2.11. The van der Waals surface area contributed by atoms with Gasteiger partial charge in [0.1, 0.15) is 5.82 Å². The highest BCUT2D eigenvalue weighted by Crippen LogP contribution is 2.11. The van der Waals surface area contributed by atoms with E-state index in [1.54, 1.807) is 36.4 Å². The minimum atomic E-state index is -0.272. The van der Waals surface area contributed by atoms with E-state index in [0.717, 1.165) is 0 Å². The fourth-order valence-corrected chi connectivity index (χ4v) is 2.00. The maximum atomic E-state index is 13.5. The number of Topliss-reactive ketones (excluding diaryl/α,β-unsaturated/α-hetero) is 1. The van der Waals surface area contributed by atoms with Gasteiger partial charge in [0, 0.05) is 23.4 Å². The Balaban J connectivity index is 1.95. The highest BCUT2D eigenvalue weighted by molar-refractivity contribution is 7.80. The molecule has 0 aliphatic rings. The molecule has 3 nitrogen and oxygen atoms in total. The number of benzene rings is 2. The van der Waals surface area contributed by atoms with Crippen LogP contribution in [0.4, 0.5) is 10.1 Å². The van der Waals surface area contributed by atoms with Gasteiger partial charge in [-0.05, 0) is 37.3 Å². The minimum absolute atomic E-state index is 0.0103. The van der Waals surface area contributed by atoms with E-state index in [1.165, 1.54) is 13.0 Å². The number of carbonyl (C=O) groups excluding carboxylic acids is 1. The molecule has 2 N–H and O–H groups in total. The summed E-state index contributed by atoms with van der Waals surface area (Å²) in [5, 5.41) is 6.28. The van der Waals surface area contributed by atoms with Crippen molar-refractivity contribution in [3.63, 3.8) is 0 Å². The van der Waals surface area contributed by atoms with Gasteiger partial charge >= 0.3 is 0 Å². The van der Waals surface area contributed by atoms with Crippen LogP contribution in [0.5, 0.6) is 0 Å². The Bertz CT molecular complexity index is 673. The summed E-state index contributed by atoms with van der Waals surface area (Å²) in [6, 6.07) is 13.6. The summed E-state index contributed by atoms with van der Waals surface area (Å²) >= 11 is 5.16. The molecule has 2 aromatic rings. The first-order valence-electron chi connectivity index (χ1n) is 6.45. The van der Waals surface area contributed by atoms with E-state index in [4.69, 9.17) is 12.2 Å². The van der Waals surface area contributed by atoms with E-state index < -0.39 is 0 Å². The minimum Gasteiger partial charge on any atom is -0.358 e. The van der Waals surface area contributed by atoms with Gasteiger partial charge < -0.3 is 10.6 Å². The largest absolute Gasteiger partial charge is 0.358 e. The average molecular weight is 302 g/mol. The van der Waals surface area contributed by atoms with Crippen LogP contribution in [0.25, 0.3) is 0 Å². The van der Waals surface area contributed by atoms with Crippen LogP contribution in [-0.4, -0.2) is 10.9 Å². The average Bonchev–Trinajstić information content (AvgIpc) is 2.46. The monoisotopic (exact) mass is 302 g/mol. The van der Waals surface area contributed by atoms with Crippen LogP contribution in [-0.2, 0) is 6.54 Å². The molecule has 0 fully saturated rings. The molecule has 0 atom stereocenters. The summed E-state index contributed by atoms with van der Waals surface area (Å²) in [5.41, 5.74) is 1.87. The normalized spacial score (nSPS) is 10.0. The van der Waals surface area contributed by atoms with Gasteiger partial charge in [-0.15, -0.1) is 0 Å². The van der Waals surface area contributed by atoms with Gasteiger partial charge in [0.15, 0.2) is 10.9 Å². The van der Waals surface area contributed by atoms with Gasteiger partial charge in [-0.3, -0.25) is 4.79 Å². The third kappa shape index (κ3) is 4.36. The molecule has 0 radical (unpaired) electrons. The molecule has 0 saturated carbocycles. The van der Waals surface area contributed by atoms with Gasteiger partial charge in [0.2, 0.25) is 0 Å². The third-order valence-corrected chi connectivity index (χ3v) is 3.17. The highest BCUT2D eigenvalue weighted by atomic mass is 32.1. The predicted molar refractivity (Wildman–Crippen MR) is 85.9 cm³/mol. The molecule has 0 spiro atoms. The first kappa shape index (κ1) is 15.1. The lowest BCUT2D eigenvalue weighted by Crippen LogP contribution is -2.28. The van der Waals surface area contributed by atoms with Crippen molar-refractivity contribution in [2.75, 3.05) is 5.32 Å². The third-order valence-electron chi connectivity index (χ3n) is 2.92. The summed E-state index contributed by atoms with van der Waals surface area (Å²) in [6.07, 6.45) is 0. The number of halogens is 1. The molecule has 108 valence electrons. The quantitative estimate of drug-likeness (QED) is 0.670. The van der Waals surface area contributed by atoms with Crippen LogP contribution in [0.1, 0.15) is 22.8 Å². The van der Waals surface area contributed by atoms with Crippen molar-refractivity contribution in [3.8, 4) is 0 Å². The van der Waals surface area contributed by atoms with Gasteiger partial charge in [0.25, 0.3) is 0 Å². The zero-order valence-corrected chi connectivity index (χ0v) is 12.3. The maximum Gasteiger partial charge on any atom is 0.171 e. The van der Waals surface area contributed by atoms with Crippen molar-refractivity contribution >= 4 is 28.8 Å². The zero-order chi connectivity index (χ0) is 15.2. The van der Waals surface area contributed by atoms with E-state index in [2.05, 4.69) is 10.6 Å². The molecule has 5 heteroatoms. The summed E-state index contributed by atoms with van der Waals surface area (Å²) in [6.45, 7) is 1.80. The molecule has 0 bridgehead atoms. The van der Waals surface area contributed by atoms with E-state index in [9.17, 15) is 9.18 Å². The molecule has 0 aliphatic heterocycles. The fourth-order valence-electron chi connectivity index (χ4n) is 1.81. The van der Waals surface area contributed by atoms with Crippen molar-refractivity contribution in [1.29, 1.82) is 0 Å². The second-order valence-electron chi connectivity index (χ2n) is 4.54. The Morgan fingerprint density at radius 3 is 2.67 bits per heavy atom. The van der Waals surface area contributed by atoms with Gasteiger partial charge in [0.05, 0.1) is 0 Å². The Kier molecular flexibility index (Phi) is 5.00. The number of carbonyl (C=O) groups is 1. The van der Waals surface area contributed by atoms with Crippen LogP contribution in [0.2, 0.25) is 0 Å². The highest BCUT2D eigenvalue weighted by Gasteiger charge is 2.04. The van der Waals surface area contributed by atoms with Crippen LogP contribution >= 0.6 is 12.2 Å². The molecular formula is C16H15FN2OS. The Labute approximate surface area is 128 Å². The Morgan fingerprint density at radius 1 is 1.19 bits per heavy atom. The van der Waals surface area contributed by atoms with Gasteiger partial charge in [-0.2, -0.15) is 0 Å². The van der Waals surface area contributed by atoms with Crippen LogP contribution in [0.15, 0.2) is 48.5 Å². The summed E-state index contributed by atoms with van der Waals surface area (Å²) in [4.78, 5) is 11.3. The molecule has 2 rings (SSSR count). The van der Waals surface area contributed by atoms with E-state index >= 15 is 0 Å². The predicted octanol–water partition coefficient (Wildman–Crippen LogP) is 3.51. The SMILES string of the molecule is CC(=O)c1cccc(NC(=S)NCc2ccccc2F)c1. The number of hydrogen-bond donors (Lipinski definition) is 2. The number of hydrogen-bond acceptors (Lipinski definition) is 2. The van der Waals surface area contributed by atoms with E-state index in [0.29, 0.717) is 28.5 Å². The second-order valence-corrected chi connectivity index (χ2v) is 4.94. The number of rotatable bonds is 4. The summed E-state index contributed by atoms with van der Waals surface area (Å²) in [7, 11) is 0. The van der Waals surface area contributed by atoms with Crippen LogP contribution in [0.3, 0.4) is 0 Å². The van der Waals surface area contributed by atoms with Gasteiger partial charge in [-0.25, -0.2) is 4.39 Å². The first-order chi connectivity index (χ1) is 10.1. The van der Waals surface area contributed by atoms with Crippen molar-refractivity contribution < 1.29 is 9.18 Å². The maximum absolute atomic E-state index is 13.5. The molecule has 21 heavy (non-hydrogen) atoms.